The van der Waals surface area contributed by atoms with E-state index in [4.69, 9.17) is 5.73 Å². The van der Waals surface area contributed by atoms with Crippen LogP contribution in [0.15, 0.2) is 24.3 Å². The molecule has 0 bridgehead atoms. The van der Waals surface area contributed by atoms with Crippen LogP contribution in [0, 0.1) is 5.41 Å². The summed E-state index contributed by atoms with van der Waals surface area (Å²) in [6, 6.07) is 8.22. The van der Waals surface area contributed by atoms with Crippen molar-refractivity contribution in [1.29, 1.82) is 0 Å². The van der Waals surface area contributed by atoms with Gasteiger partial charge in [-0.25, -0.2) is 0 Å². The van der Waals surface area contributed by atoms with Gasteiger partial charge in [-0.1, -0.05) is 12.1 Å². The lowest BCUT2D eigenvalue weighted by atomic mass is 9.80. The Kier molecular flexibility index (Phi) is 1.70. The number of anilines is 1. The average Bonchev–Trinajstić information content (AvgIpc) is 3.13. The van der Waals surface area contributed by atoms with Crippen molar-refractivity contribution in [2.75, 3.05) is 12.3 Å². The first-order valence-corrected chi connectivity index (χ1v) is 5.69. The van der Waals surface area contributed by atoms with Gasteiger partial charge in [-0.05, 0) is 43.4 Å². The minimum absolute atomic E-state index is 0.211. The lowest BCUT2D eigenvalue weighted by molar-refractivity contribution is 0.177. The van der Waals surface area contributed by atoms with E-state index >= 15 is 0 Å². The molecule has 2 saturated carbocycles. The van der Waals surface area contributed by atoms with Crippen LogP contribution < -0.4 is 5.73 Å². The van der Waals surface area contributed by atoms with Gasteiger partial charge in [0.2, 0.25) is 0 Å². The lowest BCUT2D eigenvalue weighted by Crippen LogP contribution is -2.25. The van der Waals surface area contributed by atoms with Crippen molar-refractivity contribution >= 4 is 5.69 Å². The van der Waals surface area contributed by atoms with Crippen molar-refractivity contribution in [2.45, 2.75) is 31.1 Å². The number of nitrogens with two attached hydrogens (primary N) is 1. The fourth-order valence-electron chi connectivity index (χ4n) is 2.99. The van der Waals surface area contributed by atoms with Crippen LogP contribution in [-0.4, -0.2) is 11.7 Å². The summed E-state index contributed by atoms with van der Waals surface area (Å²) in [5.74, 6) is 0. The Morgan fingerprint density at radius 1 is 1.07 bits per heavy atom. The molecule has 2 aliphatic carbocycles. The highest BCUT2D eigenvalue weighted by atomic mass is 16.3. The van der Waals surface area contributed by atoms with E-state index in [0.717, 1.165) is 5.69 Å². The summed E-state index contributed by atoms with van der Waals surface area (Å²) in [5, 5.41) is 9.52. The Hall–Kier alpha value is -1.02. The molecular formula is C13H17NO. The van der Waals surface area contributed by atoms with Gasteiger partial charge < -0.3 is 10.8 Å². The number of nitrogen functional groups attached to an aromatic ring is 1. The summed E-state index contributed by atoms with van der Waals surface area (Å²) < 4.78 is 0. The normalized spacial score (nSPS) is 24.9. The standard InChI is InChI=1S/C13H17NO/c14-11-3-1-10(2-4-11)13(7-8-13)12(9-15)5-6-12/h1-4,15H,5-9,14H2. The zero-order chi connectivity index (χ0) is 10.5. The van der Waals surface area contributed by atoms with Crippen LogP contribution in [0.1, 0.15) is 31.2 Å². The molecule has 2 fully saturated rings. The number of benzene rings is 1. The number of hydrogen-bond acceptors (Lipinski definition) is 2. The van der Waals surface area contributed by atoms with E-state index in [0.29, 0.717) is 6.61 Å². The molecule has 2 nitrogen and oxygen atoms in total. The lowest BCUT2D eigenvalue weighted by Gasteiger charge is -2.25. The van der Waals surface area contributed by atoms with Crippen LogP contribution in [0.2, 0.25) is 0 Å². The molecule has 0 heterocycles. The summed E-state index contributed by atoms with van der Waals surface area (Å²) in [6.07, 6.45) is 4.84. The first-order chi connectivity index (χ1) is 7.22. The van der Waals surface area contributed by atoms with E-state index in [1.54, 1.807) is 0 Å². The zero-order valence-electron chi connectivity index (χ0n) is 8.87. The SMILES string of the molecule is Nc1ccc(C2(C3(CO)CC3)CC2)cc1. The highest BCUT2D eigenvalue weighted by Gasteiger charge is 2.65. The Bertz CT molecular complexity index is 374. The number of aliphatic hydroxyl groups is 1. The number of hydrogen-bond donors (Lipinski definition) is 2. The van der Waals surface area contributed by atoms with Gasteiger partial charge in [-0.15, -0.1) is 0 Å². The van der Waals surface area contributed by atoms with E-state index in [1.165, 1.54) is 31.2 Å². The van der Waals surface area contributed by atoms with Gasteiger partial charge in [0.15, 0.2) is 0 Å². The second-order valence-corrected chi connectivity index (χ2v) is 5.14. The van der Waals surface area contributed by atoms with Crippen LogP contribution >= 0.6 is 0 Å². The Balaban J connectivity index is 1.97. The molecular weight excluding hydrogens is 186 g/mol. The summed E-state index contributed by atoms with van der Waals surface area (Å²) in [4.78, 5) is 0. The summed E-state index contributed by atoms with van der Waals surface area (Å²) in [6.45, 7) is 0.345. The third kappa shape index (κ3) is 1.14. The first kappa shape index (κ1) is 9.22. The fourth-order valence-corrected chi connectivity index (χ4v) is 2.99. The zero-order valence-corrected chi connectivity index (χ0v) is 8.87. The molecule has 1 aromatic carbocycles. The van der Waals surface area contributed by atoms with Crippen LogP contribution in [0.25, 0.3) is 0 Å². The smallest absolute Gasteiger partial charge is 0.0495 e. The summed E-state index contributed by atoms with van der Waals surface area (Å²) in [7, 11) is 0. The van der Waals surface area contributed by atoms with Crippen molar-refractivity contribution in [2.24, 2.45) is 5.41 Å². The van der Waals surface area contributed by atoms with Gasteiger partial charge in [0.25, 0.3) is 0 Å². The van der Waals surface area contributed by atoms with E-state index in [1.807, 2.05) is 12.1 Å². The second-order valence-electron chi connectivity index (χ2n) is 5.14. The molecule has 3 rings (SSSR count). The maximum atomic E-state index is 9.52. The van der Waals surface area contributed by atoms with Crippen molar-refractivity contribution in [3.8, 4) is 0 Å². The van der Waals surface area contributed by atoms with Gasteiger partial charge in [0.05, 0.1) is 0 Å². The molecule has 2 aliphatic rings. The number of aliphatic hydroxyl groups excluding tert-OH is 1. The molecule has 2 heteroatoms. The first-order valence-electron chi connectivity index (χ1n) is 5.69. The van der Waals surface area contributed by atoms with Gasteiger partial charge in [-0.3, -0.25) is 0 Å². The highest BCUT2D eigenvalue weighted by molar-refractivity contribution is 5.45. The van der Waals surface area contributed by atoms with Gasteiger partial charge in [0.1, 0.15) is 0 Å². The monoisotopic (exact) mass is 203 g/mol. The minimum Gasteiger partial charge on any atom is -0.399 e. The molecule has 0 aliphatic heterocycles. The third-order valence-electron chi connectivity index (χ3n) is 4.38. The Morgan fingerprint density at radius 2 is 1.67 bits per heavy atom. The second kappa shape index (κ2) is 2.76. The van der Waals surface area contributed by atoms with Gasteiger partial charge >= 0.3 is 0 Å². The predicted octanol–water partition coefficient (Wildman–Crippen LogP) is 2.07. The number of rotatable bonds is 3. The molecule has 80 valence electrons. The molecule has 0 unspecified atom stereocenters. The van der Waals surface area contributed by atoms with Gasteiger partial charge in [-0.2, -0.15) is 0 Å². The molecule has 15 heavy (non-hydrogen) atoms. The molecule has 0 saturated heterocycles. The van der Waals surface area contributed by atoms with Crippen LogP contribution in [0.3, 0.4) is 0 Å². The average molecular weight is 203 g/mol. The quantitative estimate of drug-likeness (QED) is 0.739. The summed E-state index contributed by atoms with van der Waals surface area (Å²) in [5.41, 5.74) is 8.40. The minimum atomic E-state index is 0.211. The molecule has 0 aromatic heterocycles. The molecule has 0 atom stereocenters. The van der Waals surface area contributed by atoms with E-state index < -0.39 is 0 Å². The molecule has 0 amide bonds. The molecule has 3 N–H and O–H groups in total. The van der Waals surface area contributed by atoms with Gasteiger partial charge in [0, 0.05) is 23.1 Å². The van der Waals surface area contributed by atoms with Crippen LogP contribution in [-0.2, 0) is 5.41 Å². The molecule has 1 aromatic rings. The van der Waals surface area contributed by atoms with Crippen molar-refractivity contribution in [3.63, 3.8) is 0 Å². The molecule has 0 radical (unpaired) electrons. The Labute approximate surface area is 90.1 Å². The highest BCUT2D eigenvalue weighted by Crippen LogP contribution is 2.70. The fraction of sp³-hybridized carbons (Fsp3) is 0.538. The Morgan fingerprint density at radius 3 is 2.07 bits per heavy atom. The molecule has 0 spiro atoms. The van der Waals surface area contributed by atoms with Crippen molar-refractivity contribution in [1.82, 2.24) is 0 Å². The summed E-state index contributed by atoms with van der Waals surface area (Å²) >= 11 is 0. The third-order valence-corrected chi connectivity index (χ3v) is 4.38. The van der Waals surface area contributed by atoms with Crippen molar-refractivity contribution in [3.05, 3.63) is 29.8 Å². The van der Waals surface area contributed by atoms with Crippen LogP contribution in [0.4, 0.5) is 5.69 Å². The van der Waals surface area contributed by atoms with E-state index in [2.05, 4.69) is 12.1 Å². The van der Waals surface area contributed by atoms with E-state index in [-0.39, 0.29) is 10.8 Å². The van der Waals surface area contributed by atoms with Crippen LogP contribution in [0.5, 0.6) is 0 Å². The maximum absolute atomic E-state index is 9.52. The maximum Gasteiger partial charge on any atom is 0.0495 e. The largest absolute Gasteiger partial charge is 0.399 e. The van der Waals surface area contributed by atoms with Crippen molar-refractivity contribution < 1.29 is 5.11 Å². The topological polar surface area (TPSA) is 46.2 Å². The van der Waals surface area contributed by atoms with E-state index in [9.17, 15) is 5.11 Å². The predicted molar refractivity (Wildman–Crippen MR) is 60.5 cm³/mol.